The summed E-state index contributed by atoms with van der Waals surface area (Å²) in [5, 5.41) is 17.7. The number of carbonyl (C=O) groups is 1. The number of unbranched alkanes of at least 4 members (excludes halogenated alkanes) is 11. The van der Waals surface area contributed by atoms with Gasteiger partial charge >= 0.3 is 5.97 Å². The Balaban J connectivity index is 0.000000466. The molecule has 5 nitrogen and oxygen atoms in total. The van der Waals surface area contributed by atoms with Crippen molar-refractivity contribution in [1.29, 1.82) is 0 Å². The van der Waals surface area contributed by atoms with E-state index in [2.05, 4.69) is 36.2 Å². The lowest BCUT2D eigenvalue weighted by atomic mass is 10.1. The normalized spacial score (nSPS) is 11.6. The van der Waals surface area contributed by atoms with Gasteiger partial charge in [0, 0.05) is 18.2 Å². The van der Waals surface area contributed by atoms with Crippen LogP contribution in [0.1, 0.15) is 96.8 Å². The van der Waals surface area contributed by atoms with Gasteiger partial charge in [0.05, 0.1) is 12.3 Å². The van der Waals surface area contributed by atoms with Gasteiger partial charge in [-0.3, -0.25) is 9.78 Å². The van der Waals surface area contributed by atoms with E-state index in [1.54, 1.807) is 0 Å². The Bertz CT molecular complexity index is 757. The van der Waals surface area contributed by atoms with Crippen LogP contribution in [0.5, 0.6) is 0 Å². The molecule has 2 aromatic rings. The maximum atomic E-state index is 11.4. The van der Waals surface area contributed by atoms with Gasteiger partial charge in [-0.1, -0.05) is 107 Å². The summed E-state index contributed by atoms with van der Waals surface area (Å²) in [6.07, 6.45) is 21.9. The molecule has 1 atom stereocenters. The van der Waals surface area contributed by atoms with Crippen LogP contribution in [0.2, 0.25) is 0 Å². The van der Waals surface area contributed by atoms with Crippen LogP contribution in [-0.2, 0) is 9.53 Å². The number of aromatic nitrogens is 1. The fourth-order valence-corrected chi connectivity index (χ4v) is 3.80. The van der Waals surface area contributed by atoms with Crippen molar-refractivity contribution in [1.82, 2.24) is 4.98 Å². The average molecular weight is 512 g/mol. The summed E-state index contributed by atoms with van der Waals surface area (Å²) in [5.74, 6) is -0.287. The molecule has 0 radical (unpaired) electrons. The Morgan fingerprint density at radius 3 is 2.03 bits per heavy atom. The van der Waals surface area contributed by atoms with Gasteiger partial charge in [0.15, 0.2) is 0 Å². The molecule has 0 bridgehead atoms. The zero-order valence-electron chi connectivity index (χ0n) is 22.9. The molecule has 1 heterocycles. The first-order valence-electron chi connectivity index (χ1n) is 14.2. The van der Waals surface area contributed by atoms with E-state index in [0.717, 1.165) is 36.9 Å². The van der Waals surface area contributed by atoms with Crippen LogP contribution in [0.15, 0.2) is 66.9 Å². The summed E-state index contributed by atoms with van der Waals surface area (Å²) >= 11 is 0. The van der Waals surface area contributed by atoms with Gasteiger partial charge in [-0.2, -0.15) is 0 Å². The lowest BCUT2D eigenvalue weighted by Gasteiger charge is -2.08. The second kappa shape index (κ2) is 23.9. The van der Waals surface area contributed by atoms with Crippen molar-refractivity contribution in [3.63, 3.8) is 0 Å². The second-order valence-electron chi connectivity index (χ2n) is 9.43. The zero-order valence-corrected chi connectivity index (χ0v) is 22.9. The lowest BCUT2D eigenvalue weighted by Crippen LogP contribution is -2.21. The second-order valence-corrected chi connectivity index (χ2v) is 9.43. The van der Waals surface area contributed by atoms with Crippen molar-refractivity contribution in [3.8, 4) is 11.3 Å². The van der Waals surface area contributed by atoms with Crippen molar-refractivity contribution in [3.05, 3.63) is 66.9 Å². The first-order valence-corrected chi connectivity index (χ1v) is 14.2. The molecule has 0 aliphatic heterocycles. The monoisotopic (exact) mass is 511 g/mol. The smallest absolute Gasteiger partial charge is 0.305 e. The minimum atomic E-state index is -0.960. The van der Waals surface area contributed by atoms with Gasteiger partial charge in [0.25, 0.3) is 0 Å². The number of ether oxygens (including phenoxy) is 1. The summed E-state index contributed by atoms with van der Waals surface area (Å²) in [6.45, 7) is 1.77. The summed E-state index contributed by atoms with van der Waals surface area (Å²) in [5.41, 5.74) is 2.19. The van der Waals surface area contributed by atoms with E-state index in [1.807, 2.05) is 42.6 Å². The van der Waals surface area contributed by atoms with E-state index in [1.165, 1.54) is 57.8 Å². The Hall–Kier alpha value is -2.50. The number of hydrogen-bond acceptors (Lipinski definition) is 5. The summed E-state index contributed by atoms with van der Waals surface area (Å²) in [4.78, 5) is 15.6. The molecule has 0 fully saturated rings. The number of carbonyl (C=O) groups excluding carboxylic acids is 1. The molecule has 1 aromatic carbocycles. The molecule has 0 aliphatic carbocycles. The highest BCUT2D eigenvalue weighted by atomic mass is 16.5. The summed E-state index contributed by atoms with van der Waals surface area (Å²) in [6, 6.07) is 16.1. The fraction of sp³-hybridized carbons (Fsp3) is 0.562. The quantitative estimate of drug-likeness (QED) is 0.115. The number of allylic oxidation sites excluding steroid dienone is 2. The first-order chi connectivity index (χ1) is 18.2. The molecular formula is C32H49NO4. The topological polar surface area (TPSA) is 79.7 Å². The van der Waals surface area contributed by atoms with Gasteiger partial charge in [0.2, 0.25) is 0 Å². The molecule has 5 heteroatoms. The highest BCUT2D eigenvalue weighted by molar-refractivity contribution is 5.69. The molecule has 0 saturated carbocycles. The van der Waals surface area contributed by atoms with Crippen LogP contribution in [0.25, 0.3) is 11.3 Å². The van der Waals surface area contributed by atoms with Crippen LogP contribution in [0.4, 0.5) is 0 Å². The van der Waals surface area contributed by atoms with E-state index >= 15 is 0 Å². The highest BCUT2D eigenvalue weighted by Crippen LogP contribution is 2.14. The van der Waals surface area contributed by atoms with Gasteiger partial charge in [-0.05, 0) is 44.2 Å². The van der Waals surface area contributed by atoms with Crippen LogP contribution in [0.3, 0.4) is 0 Å². The molecule has 0 aliphatic rings. The third-order valence-electron chi connectivity index (χ3n) is 6.02. The maximum absolute atomic E-state index is 11.4. The molecule has 2 rings (SSSR count). The molecule has 2 N–H and O–H groups in total. The minimum Gasteiger partial charge on any atom is -0.463 e. The fourth-order valence-electron chi connectivity index (χ4n) is 3.80. The number of nitrogens with zero attached hydrogens (tertiary/aromatic N) is 1. The zero-order chi connectivity index (χ0) is 26.8. The van der Waals surface area contributed by atoms with E-state index in [4.69, 9.17) is 14.9 Å². The van der Waals surface area contributed by atoms with E-state index < -0.39 is 6.10 Å². The van der Waals surface area contributed by atoms with Crippen molar-refractivity contribution < 1.29 is 19.7 Å². The van der Waals surface area contributed by atoms with Crippen LogP contribution >= 0.6 is 0 Å². The van der Waals surface area contributed by atoms with Gasteiger partial charge in [-0.15, -0.1) is 0 Å². The van der Waals surface area contributed by atoms with E-state index in [0.29, 0.717) is 6.42 Å². The molecule has 0 spiro atoms. The van der Waals surface area contributed by atoms with E-state index in [9.17, 15) is 4.79 Å². The predicted octanol–water partition coefficient (Wildman–Crippen LogP) is 7.67. The summed E-state index contributed by atoms with van der Waals surface area (Å²) < 4.78 is 4.86. The number of hydrogen-bond donors (Lipinski definition) is 2. The molecule has 0 saturated heterocycles. The highest BCUT2D eigenvalue weighted by Gasteiger charge is 2.07. The van der Waals surface area contributed by atoms with Gasteiger partial charge in [0.1, 0.15) is 12.7 Å². The SMILES string of the molecule is CCCCCCCC/C=C\CCCCCCCC(=O)OCC(O)CO.c1ccc(-c2ccccn2)cc1. The number of aliphatic hydroxyl groups excluding tert-OH is 2. The largest absolute Gasteiger partial charge is 0.463 e. The van der Waals surface area contributed by atoms with Gasteiger partial charge in [-0.25, -0.2) is 0 Å². The Kier molecular flexibility index (Phi) is 21.0. The molecule has 0 amide bonds. The number of aliphatic hydroxyl groups is 2. The standard InChI is InChI=1S/C21H40O4.C11H9N/c1-2-3-4-5-6-7-8-9-10-11-12-13-14-15-16-17-21(24)25-19-20(23)18-22;1-2-6-10(7-3-1)11-8-4-5-9-12-11/h9-10,20,22-23H,2-8,11-19H2,1H3;1-9H/b10-9-;. The van der Waals surface area contributed by atoms with Crippen molar-refractivity contribution in [2.45, 2.75) is 103 Å². The number of pyridine rings is 1. The van der Waals surface area contributed by atoms with Crippen LogP contribution < -0.4 is 0 Å². The van der Waals surface area contributed by atoms with Crippen LogP contribution in [-0.4, -0.2) is 40.5 Å². The molecule has 1 unspecified atom stereocenters. The van der Waals surface area contributed by atoms with Crippen LogP contribution in [0, 0.1) is 0 Å². The first kappa shape index (κ1) is 32.5. The molecule has 37 heavy (non-hydrogen) atoms. The third kappa shape index (κ3) is 19.3. The van der Waals surface area contributed by atoms with Crippen molar-refractivity contribution >= 4 is 5.97 Å². The maximum Gasteiger partial charge on any atom is 0.305 e. The summed E-state index contributed by atoms with van der Waals surface area (Å²) in [7, 11) is 0. The Morgan fingerprint density at radius 2 is 1.43 bits per heavy atom. The third-order valence-corrected chi connectivity index (χ3v) is 6.02. The van der Waals surface area contributed by atoms with Crippen molar-refractivity contribution in [2.24, 2.45) is 0 Å². The lowest BCUT2D eigenvalue weighted by molar-refractivity contribution is -0.147. The van der Waals surface area contributed by atoms with Crippen molar-refractivity contribution in [2.75, 3.05) is 13.2 Å². The number of benzene rings is 1. The number of esters is 1. The number of rotatable bonds is 19. The average Bonchev–Trinajstić information content (AvgIpc) is 2.95. The Labute approximate surface area is 225 Å². The molecular weight excluding hydrogens is 462 g/mol. The molecule has 206 valence electrons. The van der Waals surface area contributed by atoms with E-state index in [-0.39, 0.29) is 19.2 Å². The Morgan fingerprint density at radius 1 is 0.838 bits per heavy atom. The van der Waals surface area contributed by atoms with Gasteiger partial charge < -0.3 is 14.9 Å². The predicted molar refractivity (Wildman–Crippen MR) is 153 cm³/mol. The molecule has 1 aromatic heterocycles. The minimum absolute atomic E-state index is 0.111.